The number of hydrogen-bond donors (Lipinski definition) is 5. The first-order valence-electron chi connectivity index (χ1n) is 21.3. The van der Waals surface area contributed by atoms with Gasteiger partial charge in [0.15, 0.2) is 11.3 Å². The van der Waals surface area contributed by atoms with Crippen molar-refractivity contribution in [1.82, 2.24) is 34.4 Å². The number of nitrogens with zero attached hydrogens (tertiary/aromatic N) is 7. The lowest BCUT2D eigenvalue weighted by molar-refractivity contribution is -0.00131. The van der Waals surface area contributed by atoms with Crippen molar-refractivity contribution in [3.05, 3.63) is 71.0 Å². The quantitative estimate of drug-likeness (QED) is 0.0802. The van der Waals surface area contributed by atoms with Gasteiger partial charge in [-0.05, 0) is 91.0 Å². The van der Waals surface area contributed by atoms with E-state index in [2.05, 4.69) is 17.6 Å². The molecule has 2 aliphatic rings. The molecule has 2 aromatic carbocycles. The maximum atomic E-state index is 14.2. The number of nitrogens with one attached hydrogen (secondary N) is 2. The van der Waals surface area contributed by atoms with E-state index >= 15 is 0 Å². The van der Waals surface area contributed by atoms with Crippen molar-refractivity contribution in [2.45, 2.75) is 97.0 Å². The summed E-state index contributed by atoms with van der Waals surface area (Å²) in [6, 6.07) is 12.9. The highest BCUT2D eigenvalue weighted by Crippen LogP contribution is 2.41. The molecular weight excluding hydrogens is 791 g/mol. The lowest BCUT2D eigenvalue weighted by atomic mass is 9.95. The number of aryl methyl sites for hydroxylation is 2. The number of ether oxygens (including phenoxy) is 2. The van der Waals surface area contributed by atoms with E-state index in [1.165, 1.54) is 17.0 Å². The third-order valence-corrected chi connectivity index (χ3v) is 11.9. The normalized spacial score (nSPS) is 17.7. The summed E-state index contributed by atoms with van der Waals surface area (Å²) in [7, 11) is 3.43. The van der Waals surface area contributed by atoms with Gasteiger partial charge in [-0.15, -0.1) is 0 Å². The maximum Gasteiger partial charge on any atom is 0.340 e. The van der Waals surface area contributed by atoms with E-state index in [-0.39, 0.29) is 58.9 Å². The smallest absolute Gasteiger partial charge is 0.340 e. The zero-order valence-corrected chi connectivity index (χ0v) is 36.3. The van der Waals surface area contributed by atoms with Crippen molar-refractivity contribution >= 4 is 45.3 Å². The summed E-state index contributed by atoms with van der Waals surface area (Å²) in [4.78, 5) is 39.0. The standard InChI is InChI=1S/C46H55N9O7/c1-24(2)54-43-35(26(4)51-54)41(37(45(58)53(6)7)39(49-43)28-10-8-12-32(56)21-28)48-31-16-19-62-34(23-31)20-25(3)55-44-36(27(5)52-55)42(47-30-14-17-61-18-15-30)38(46(59)60)40(50-44)29-11-9-13-33(57)22-29/h8-13,21-22,24-25,30-31,34,56-57H,14-20,23H2,1-7H3,(H,47,50)(H,48,49)(H,59,60). The van der Waals surface area contributed by atoms with E-state index < -0.39 is 5.97 Å². The molecule has 62 heavy (non-hydrogen) atoms. The molecule has 5 N–H and O–H groups in total. The topological polar surface area (TPSA) is 202 Å². The van der Waals surface area contributed by atoms with Crippen LogP contribution in [-0.2, 0) is 9.47 Å². The van der Waals surface area contributed by atoms with Gasteiger partial charge < -0.3 is 40.3 Å². The number of phenolic OH excluding ortho intramolecular Hbond substituents is 2. The first-order valence-corrected chi connectivity index (χ1v) is 21.3. The lowest BCUT2D eigenvalue weighted by Crippen LogP contribution is -2.36. The molecule has 0 saturated carbocycles. The number of anilines is 2. The minimum Gasteiger partial charge on any atom is -0.508 e. The highest BCUT2D eigenvalue weighted by atomic mass is 16.5. The number of carboxylic acids is 1. The van der Waals surface area contributed by atoms with Crippen LogP contribution in [0.2, 0.25) is 0 Å². The molecule has 4 aromatic heterocycles. The minimum absolute atomic E-state index is 0.000504. The second-order valence-corrected chi connectivity index (χ2v) is 17.1. The van der Waals surface area contributed by atoms with Gasteiger partial charge in [-0.3, -0.25) is 4.79 Å². The average molecular weight is 846 g/mol. The number of carboxylic acid groups (broad SMARTS) is 1. The van der Waals surface area contributed by atoms with Crippen molar-refractivity contribution in [2.75, 3.05) is 44.5 Å². The van der Waals surface area contributed by atoms with Crippen LogP contribution < -0.4 is 10.6 Å². The van der Waals surface area contributed by atoms with Gasteiger partial charge in [-0.25, -0.2) is 24.1 Å². The molecule has 326 valence electrons. The number of aromatic hydroxyl groups is 2. The van der Waals surface area contributed by atoms with Crippen molar-refractivity contribution in [3.8, 4) is 34.0 Å². The second kappa shape index (κ2) is 17.2. The molecule has 1 amide bonds. The first kappa shape index (κ1) is 42.4. The fourth-order valence-corrected chi connectivity index (χ4v) is 8.91. The molecule has 0 radical (unpaired) electrons. The van der Waals surface area contributed by atoms with Gasteiger partial charge in [0.2, 0.25) is 0 Å². The molecule has 0 bridgehead atoms. The lowest BCUT2D eigenvalue weighted by Gasteiger charge is -2.33. The number of amides is 1. The number of carbonyl (C=O) groups is 2. The monoisotopic (exact) mass is 845 g/mol. The van der Waals surface area contributed by atoms with E-state index in [0.29, 0.717) is 95.2 Å². The van der Waals surface area contributed by atoms with Gasteiger partial charge in [0, 0.05) is 63.2 Å². The summed E-state index contributed by atoms with van der Waals surface area (Å²) in [5.74, 6) is -1.30. The molecule has 8 rings (SSSR count). The van der Waals surface area contributed by atoms with Gasteiger partial charge >= 0.3 is 5.97 Å². The van der Waals surface area contributed by atoms with Gasteiger partial charge in [-0.2, -0.15) is 10.2 Å². The molecule has 0 spiro atoms. The molecule has 2 fully saturated rings. The Hall–Kier alpha value is -6.26. The van der Waals surface area contributed by atoms with Crippen LogP contribution in [-0.4, -0.2) is 114 Å². The van der Waals surface area contributed by atoms with Crippen LogP contribution in [0.15, 0.2) is 48.5 Å². The number of aromatic carboxylic acids is 1. The third kappa shape index (κ3) is 8.11. The average Bonchev–Trinajstić information content (AvgIpc) is 3.76. The Morgan fingerprint density at radius 3 is 1.89 bits per heavy atom. The molecule has 2 saturated heterocycles. The van der Waals surface area contributed by atoms with Gasteiger partial charge in [0.25, 0.3) is 5.91 Å². The SMILES string of the molecule is Cc1nn(C(C)C)c2nc(-c3cccc(O)c3)c(C(=O)N(C)C)c(NC3CCOC(CC(C)n4nc(C)c5c(NC6CCOCC6)c(C(=O)O)c(-c6cccc(O)c6)nc54)C3)c12. The number of benzene rings is 2. The van der Waals surface area contributed by atoms with Crippen molar-refractivity contribution in [3.63, 3.8) is 0 Å². The zero-order valence-electron chi connectivity index (χ0n) is 36.3. The number of pyridine rings is 2. The predicted octanol–water partition coefficient (Wildman–Crippen LogP) is 7.72. The van der Waals surface area contributed by atoms with Crippen LogP contribution in [0.5, 0.6) is 11.5 Å². The van der Waals surface area contributed by atoms with Crippen molar-refractivity contribution in [1.29, 1.82) is 0 Å². The van der Waals surface area contributed by atoms with Crippen LogP contribution in [0, 0.1) is 13.8 Å². The molecule has 6 heterocycles. The van der Waals surface area contributed by atoms with E-state index in [9.17, 15) is 24.9 Å². The van der Waals surface area contributed by atoms with Gasteiger partial charge in [-0.1, -0.05) is 24.3 Å². The predicted molar refractivity (Wildman–Crippen MR) is 237 cm³/mol. The molecule has 3 atom stereocenters. The fraction of sp³-hybridized carbons (Fsp3) is 0.435. The number of rotatable bonds is 12. The summed E-state index contributed by atoms with van der Waals surface area (Å²) >= 11 is 0. The Morgan fingerprint density at radius 1 is 0.790 bits per heavy atom. The molecule has 16 nitrogen and oxygen atoms in total. The second-order valence-electron chi connectivity index (χ2n) is 17.1. The molecular formula is C46H55N9O7. The minimum atomic E-state index is -1.13. The van der Waals surface area contributed by atoms with Crippen LogP contribution in [0.4, 0.5) is 11.4 Å². The Bertz CT molecular complexity index is 2670. The van der Waals surface area contributed by atoms with E-state index in [1.807, 2.05) is 43.1 Å². The molecule has 16 heteroatoms. The van der Waals surface area contributed by atoms with Crippen LogP contribution in [0.3, 0.4) is 0 Å². The number of carbonyl (C=O) groups excluding carboxylic acids is 1. The Morgan fingerprint density at radius 2 is 1.32 bits per heavy atom. The Kier molecular flexibility index (Phi) is 11.8. The fourth-order valence-electron chi connectivity index (χ4n) is 8.91. The highest BCUT2D eigenvalue weighted by Gasteiger charge is 2.33. The Balaban J connectivity index is 1.16. The first-order chi connectivity index (χ1) is 29.7. The van der Waals surface area contributed by atoms with Crippen molar-refractivity contribution < 1.29 is 34.4 Å². The van der Waals surface area contributed by atoms with Gasteiger partial charge in [0.05, 0.1) is 62.6 Å². The van der Waals surface area contributed by atoms with Gasteiger partial charge in [0.1, 0.15) is 17.1 Å². The summed E-state index contributed by atoms with van der Waals surface area (Å²) in [6.07, 6.45) is 3.08. The van der Waals surface area contributed by atoms with Crippen LogP contribution in [0.25, 0.3) is 44.6 Å². The van der Waals surface area contributed by atoms with E-state index in [4.69, 9.17) is 29.6 Å². The maximum absolute atomic E-state index is 14.2. The van der Waals surface area contributed by atoms with E-state index in [1.54, 1.807) is 44.4 Å². The molecule has 3 unspecified atom stereocenters. The van der Waals surface area contributed by atoms with E-state index in [0.717, 1.165) is 23.9 Å². The molecule has 2 aliphatic heterocycles. The zero-order chi connectivity index (χ0) is 44.0. The molecule has 6 aromatic rings. The molecule has 0 aliphatic carbocycles. The number of hydrogen-bond acceptors (Lipinski definition) is 12. The van der Waals surface area contributed by atoms with Crippen LogP contribution in [0.1, 0.15) is 97.1 Å². The number of aromatic nitrogens is 6. The summed E-state index contributed by atoms with van der Waals surface area (Å²) in [5.41, 5.74) is 5.83. The van der Waals surface area contributed by atoms with Crippen molar-refractivity contribution in [2.24, 2.45) is 0 Å². The summed E-state index contributed by atoms with van der Waals surface area (Å²) in [5, 5.41) is 50.3. The largest absolute Gasteiger partial charge is 0.508 e. The summed E-state index contributed by atoms with van der Waals surface area (Å²) < 4.78 is 15.8. The summed E-state index contributed by atoms with van der Waals surface area (Å²) in [6.45, 7) is 11.6. The highest BCUT2D eigenvalue weighted by molar-refractivity contribution is 6.12. The Labute approximate surface area is 359 Å². The van der Waals surface area contributed by atoms with Crippen LogP contribution >= 0.6 is 0 Å². The number of fused-ring (bicyclic) bond motifs is 2. The third-order valence-electron chi connectivity index (χ3n) is 11.9. The number of phenols is 2.